The number of hydrogen-bond donors (Lipinski definition) is 2. The lowest BCUT2D eigenvalue weighted by Gasteiger charge is -2.29. The molecule has 5 aliphatic heterocycles. The third-order valence-corrected chi connectivity index (χ3v) is 12.1. The lowest BCUT2D eigenvalue weighted by molar-refractivity contribution is -0.202. The van der Waals surface area contributed by atoms with E-state index in [0.29, 0.717) is 57.2 Å². The number of nitrogens with one attached hydrogen (secondary N) is 1. The van der Waals surface area contributed by atoms with Gasteiger partial charge < -0.3 is 19.5 Å². The number of benzene rings is 2. The van der Waals surface area contributed by atoms with Gasteiger partial charge >= 0.3 is 18.0 Å². The zero-order chi connectivity index (χ0) is 43.0. The van der Waals surface area contributed by atoms with Gasteiger partial charge in [-0.3, -0.25) is 28.9 Å². The molecule has 6 bridgehead atoms. The third kappa shape index (κ3) is 9.43. The molecule has 0 radical (unpaired) electrons. The molecule has 6 fully saturated rings. The lowest BCUT2D eigenvalue weighted by atomic mass is 9.85. The summed E-state index contributed by atoms with van der Waals surface area (Å²) < 4.78 is 0. The fourth-order valence-corrected chi connectivity index (χ4v) is 9.08. The molecule has 2 aromatic rings. The zero-order valence-electron chi connectivity index (χ0n) is 34.5. The number of allylic oxidation sites excluding steroid dienone is 2. The van der Waals surface area contributed by atoms with Crippen LogP contribution in [0.5, 0.6) is 0 Å². The van der Waals surface area contributed by atoms with Crippen molar-refractivity contribution < 1.29 is 53.0 Å². The summed E-state index contributed by atoms with van der Waals surface area (Å²) >= 11 is 0. The summed E-state index contributed by atoms with van der Waals surface area (Å²) in [6, 6.07) is 17.1. The van der Waals surface area contributed by atoms with Gasteiger partial charge in [0.2, 0.25) is 0 Å². The first-order chi connectivity index (χ1) is 29.6. The van der Waals surface area contributed by atoms with E-state index in [-0.39, 0.29) is 42.5 Å². The van der Waals surface area contributed by atoms with Gasteiger partial charge in [-0.2, -0.15) is 10.1 Å². The summed E-state index contributed by atoms with van der Waals surface area (Å²) in [5.74, 6) is 1.95. The average Bonchev–Trinajstić information content (AvgIpc) is 4.07. The van der Waals surface area contributed by atoms with E-state index in [1.165, 1.54) is 15.0 Å². The van der Waals surface area contributed by atoms with Gasteiger partial charge in [-0.15, -0.1) is 5.06 Å². The number of rotatable bonds is 14. The van der Waals surface area contributed by atoms with Crippen molar-refractivity contribution in [3.63, 3.8) is 0 Å². The molecule has 2 aromatic carbocycles. The van der Waals surface area contributed by atoms with Crippen LogP contribution in [0.3, 0.4) is 0 Å². The Hall–Kier alpha value is -5.40. The quantitative estimate of drug-likeness (QED) is 0.121. The van der Waals surface area contributed by atoms with Gasteiger partial charge in [0.15, 0.2) is 0 Å². The molecule has 7 aliphatic rings. The molecule has 3 N–H and O–H groups in total. The molecule has 0 unspecified atom stereocenters. The fourth-order valence-electron chi connectivity index (χ4n) is 9.08. The standard InChI is InChI=1S/C23H23N3O6.C17H23N3O4.C3H9NO/c27-20-18-14-6-7-15(10-14)19(18)21(28)26(20)32-22(29)17-9-8-16-11-24(17)23(30)25(16)31-12-13-4-2-1-3-5-13;1-2-10-23-18-16(21)15-9-8-14-11-19(15)17(22)20(14)24-12-13-6-4-3-5-7-13;1-2-3-5-4/h1-7,14-19H,8-12H2;3-7,14-15H,2,8-12H2,1H3,(H,18,21);2-4H2,1H3/t14-,15+,16-,17+,18-,19+;14-,15+;/m11./s1. The highest BCUT2D eigenvalue weighted by Crippen LogP contribution is 2.52. The summed E-state index contributed by atoms with van der Waals surface area (Å²) in [4.78, 5) is 105. The Bertz CT molecular complexity index is 1890. The van der Waals surface area contributed by atoms with Crippen molar-refractivity contribution in [2.75, 3.05) is 26.3 Å². The van der Waals surface area contributed by atoms with E-state index >= 15 is 0 Å². The second-order valence-electron chi connectivity index (χ2n) is 16.1. The van der Waals surface area contributed by atoms with Crippen molar-refractivity contribution in [2.24, 2.45) is 29.6 Å². The van der Waals surface area contributed by atoms with Crippen molar-refractivity contribution in [1.29, 1.82) is 0 Å². The molecule has 18 heteroatoms. The molecule has 8 atom stereocenters. The molecule has 5 saturated heterocycles. The van der Waals surface area contributed by atoms with E-state index in [4.69, 9.17) is 19.4 Å². The average molecular weight is 846 g/mol. The van der Waals surface area contributed by atoms with Crippen molar-refractivity contribution >= 4 is 35.8 Å². The third-order valence-electron chi connectivity index (χ3n) is 12.1. The van der Waals surface area contributed by atoms with Gasteiger partial charge in [-0.1, -0.05) is 86.7 Å². The van der Waals surface area contributed by atoms with Gasteiger partial charge in [0.1, 0.15) is 25.3 Å². The van der Waals surface area contributed by atoms with E-state index in [0.717, 1.165) is 36.8 Å². The normalized spacial score (nSPS) is 27.8. The van der Waals surface area contributed by atoms with Crippen LogP contribution in [0.4, 0.5) is 9.59 Å². The molecule has 328 valence electrons. The Morgan fingerprint density at radius 1 is 0.689 bits per heavy atom. The summed E-state index contributed by atoms with van der Waals surface area (Å²) in [5, 5.41) is 3.41. The molecular formula is C43H55N7O11. The highest BCUT2D eigenvalue weighted by atomic mass is 16.7. The predicted molar refractivity (Wildman–Crippen MR) is 214 cm³/mol. The van der Waals surface area contributed by atoms with Crippen molar-refractivity contribution in [3.05, 3.63) is 83.9 Å². The monoisotopic (exact) mass is 845 g/mol. The number of carbonyl (C=O) groups is 6. The van der Waals surface area contributed by atoms with Crippen LogP contribution >= 0.6 is 0 Å². The van der Waals surface area contributed by atoms with Crippen LogP contribution in [0.1, 0.15) is 69.9 Å². The zero-order valence-corrected chi connectivity index (χ0v) is 34.5. The Labute approximate surface area is 354 Å². The highest BCUT2D eigenvalue weighted by Gasteiger charge is 2.61. The Balaban J connectivity index is 0.000000172. The highest BCUT2D eigenvalue weighted by molar-refractivity contribution is 6.06. The van der Waals surface area contributed by atoms with Crippen LogP contribution in [0, 0.1) is 23.7 Å². The minimum atomic E-state index is -0.847. The molecule has 18 nitrogen and oxygen atoms in total. The van der Waals surface area contributed by atoms with Crippen molar-refractivity contribution in [1.82, 2.24) is 30.5 Å². The first-order valence-electron chi connectivity index (χ1n) is 21.2. The smallest absolute Gasteiger partial charge is 0.328 e. The van der Waals surface area contributed by atoms with Crippen LogP contribution in [0.15, 0.2) is 72.8 Å². The van der Waals surface area contributed by atoms with E-state index in [2.05, 4.69) is 16.2 Å². The van der Waals surface area contributed by atoms with E-state index < -0.39 is 47.7 Å². The van der Waals surface area contributed by atoms with Gasteiger partial charge in [-0.25, -0.2) is 25.8 Å². The molecule has 1 saturated carbocycles. The number of hydroxylamine groups is 7. The van der Waals surface area contributed by atoms with Crippen LogP contribution in [0.25, 0.3) is 0 Å². The topological polar surface area (TPSA) is 203 Å². The van der Waals surface area contributed by atoms with Crippen molar-refractivity contribution in [2.45, 2.75) is 96.2 Å². The van der Waals surface area contributed by atoms with Crippen LogP contribution in [-0.4, -0.2) is 111 Å². The second kappa shape index (κ2) is 20.0. The van der Waals surface area contributed by atoms with Gasteiger partial charge in [-0.05, 0) is 67.9 Å². The Morgan fingerprint density at radius 3 is 1.66 bits per heavy atom. The molecule has 2 aliphatic carbocycles. The van der Waals surface area contributed by atoms with Crippen LogP contribution < -0.4 is 11.4 Å². The number of hydrogen-bond acceptors (Lipinski definition) is 12. The number of nitrogens with zero attached hydrogens (tertiary/aromatic N) is 5. The number of carbonyl (C=O) groups excluding carboxylic acids is 6. The summed E-state index contributed by atoms with van der Waals surface area (Å²) in [7, 11) is 0. The summed E-state index contributed by atoms with van der Waals surface area (Å²) in [6.07, 6.45) is 8.89. The molecule has 7 amide bonds. The lowest BCUT2D eigenvalue weighted by Crippen LogP contribution is -2.49. The Kier molecular flexibility index (Phi) is 14.3. The number of piperidine rings is 2. The predicted octanol–water partition coefficient (Wildman–Crippen LogP) is 3.78. The van der Waals surface area contributed by atoms with Gasteiger partial charge in [0, 0.05) is 13.1 Å². The summed E-state index contributed by atoms with van der Waals surface area (Å²) in [5.41, 5.74) is 4.38. The number of nitrogens with two attached hydrogens (primary N) is 1. The summed E-state index contributed by atoms with van der Waals surface area (Å²) in [6.45, 7) is 6.54. The molecule has 0 aromatic heterocycles. The first kappa shape index (κ1) is 43.7. The van der Waals surface area contributed by atoms with Crippen molar-refractivity contribution in [3.8, 4) is 0 Å². The number of amides is 7. The number of fused-ring (bicyclic) bond motifs is 9. The van der Waals surface area contributed by atoms with Gasteiger partial charge in [0.25, 0.3) is 17.7 Å². The number of imide groups is 1. The largest absolute Gasteiger partial charge is 0.355 e. The van der Waals surface area contributed by atoms with E-state index in [9.17, 15) is 28.8 Å². The van der Waals surface area contributed by atoms with Gasteiger partial charge in [0.05, 0.1) is 37.1 Å². The number of urea groups is 2. The molecule has 5 heterocycles. The van der Waals surface area contributed by atoms with Crippen LogP contribution in [0.2, 0.25) is 0 Å². The first-order valence-corrected chi connectivity index (χ1v) is 21.2. The fraction of sp³-hybridized carbons (Fsp3) is 0.535. The van der Waals surface area contributed by atoms with E-state index in [1.54, 1.807) is 4.90 Å². The minimum absolute atomic E-state index is 0.00169. The molecule has 61 heavy (non-hydrogen) atoms. The molecule has 9 rings (SSSR count). The SMILES string of the molecule is CCCON.CCCONC(=O)[C@@H]1CC[C@@H]2CN1C(=O)N2OCc1ccccc1.O=C(ON1C(=O)[C@@H]2[C@H](C1=O)[C@@H]1C=C[C@H]2C1)[C@@H]1CC[C@@H]2CN1C(=O)N2OCc1ccccc1. The van der Waals surface area contributed by atoms with E-state index in [1.807, 2.05) is 86.7 Å². The van der Waals surface area contributed by atoms with Crippen LogP contribution in [-0.2, 0) is 56.6 Å². The Morgan fingerprint density at radius 2 is 1.18 bits per heavy atom. The maximum Gasteiger partial charge on any atom is 0.355 e. The maximum absolute atomic E-state index is 12.9. The molecule has 0 spiro atoms. The molecular weight excluding hydrogens is 791 g/mol. The maximum atomic E-state index is 12.9. The second-order valence-corrected chi connectivity index (χ2v) is 16.1. The minimum Gasteiger partial charge on any atom is -0.328 e.